The number of rotatable bonds is 3. The molecule has 0 aliphatic carbocycles. The van der Waals surface area contributed by atoms with E-state index in [1.807, 2.05) is 21.1 Å². The third-order valence-electron chi connectivity index (χ3n) is 0.935. The van der Waals surface area contributed by atoms with Crippen LogP contribution in [0.2, 0.25) is 0 Å². The lowest BCUT2D eigenvalue weighted by atomic mass is 10.4. The monoisotopic (exact) mass is 178 g/mol. The van der Waals surface area contributed by atoms with Gasteiger partial charge in [-0.25, -0.2) is 0 Å². The van der Waals surface area contributed by atoms with E-state index in [0.29, 0.717) is 0 Å². The van der Waals surface area contributed by atoms with E-state index in [4.69, 9.17) is 5.73 Å². The molecule has 0 heterocycles. The Labute approximate surface area is 73.9 Å². The van der Waals surface area contributed by atoms with E-state index in [0.717, 1.165) is 11.0 Å². The van der Waals surface area contributed by atoms with E-state index in [1.54, 1.807) is 6.08 Å². The molecule has 0 fully saturated rings. The normalized spacial score (nSPS) is 11.2. The van der Waals surface area contributed by atoms with Crippen molar-refractivity contribution in [1.29, 1.82) is 0 Å². The molecule has 0 aromatic carbocycles. The zero-order chi connectivity index (χ0) is 8.20. The molecule has 0 saturated carbocycles. The maximum Gasteiger partial charge on any atom is 0.241 e. The van der Waals surface area contributed by atoms with Gasteiger partial charge < -0.3 is 22.6 Å². The van der Waals surface area contributed by atoms with Crippen LogP contribution in [-0.2, 0) is 4.79 Å². The molecule has 0 bridgehead atoms. The minimum absolute atomic E-state index is 0. The molecule has 0 aromatic heterocycles. The van der Waals surface area contributed by atoms with Crippen molar-refractivity contribution in [3.63, 3.8) is 0 Å². The predicted octanol–water partition coefficient (Wildman–Crippen LogP) is -3.26. The zero-order valence-electron chi connectivity index (χ0n) is 7.17. The van der Waals surface area contributed by atoms with Gasteiger partial charge in [-0.1, -0.05) is 0 Å². The van der Waals surface area contributed by atoms with Crippen molar-refractivity contribution in [3.8, 4) is 0 Å². The second-order valence-electron chi connectivity index (χ2n) is 3.28. The number of hydrogen-bond donors (Lipinski definition) is 1. The molecule has 1 amide bonds. The number of amides is 1. The summed E-state index contributed by atoms with van der Waals surface area (Å²) < 4.78 is 0.809. The van der Waals surface area contributed by atoms with Crippen LogP contribution in [0.15, 0.2) is 12.2 Å². The fraction of sp³-hybridized carbons (Fsp3) is 0.571. The van der Waals surface area contributed by atoms with Gasteiger partial charge in [0, 0.05) is 6.08 Å². The van der Waals surface area contributed by atoms with Gasteiger partial charge in [0.15, 0.2) is 0 Å². The number of halogens is 1. The molecule has 0 unspecified atom stereocenters. The van der Waals surface area contributed by atoms with Gasteiger partial charge in [0.25, 0.3) is 0 Å². The summed E-state index contributed by atoms with van der Waals surface area (Å²) in [5.74, 6) is -0.381. The third-order valence-corrected chi connectivity index (χ3v) is 0.935. The van der Waals surface area contributed by atoms with Gasteiger partial charge in [0.05, 0.1) is 27.7 Å². The van der Waals surface area contributed by atoms with Gasteiger partial charge in [-0.3, -0.25) is 4.79 Å². The van der Waals surface area contributed by atoms with Crippen molar-refractivity contribution in [1.82, 2.24) is 0 Å². The molecular weight excluding hydrogens is 164 g/mol. The summed E-state index contributed by atoms with van der Waals surface area (Å²) >= 11 is 0. The number of carbonyl (C=O) groups is 1. The summed E-state index contributed by atoms with van der Waals surface area (Å²) in [6.45, 7) is 0.822. The second kappa shape index (κ2) is 5.16. The zero-order valence-corrected chi connectivity index (χ0v) is 7.93. The van der Waals surface area contributed by atoms with Gasteiger partial charge in [0.2, 0.25) is 5.91 Å². The van der Waals surface area contributed by atoms with Crippen LogP contribution in [-0.4, -0.2) is 38.1 Å². The van der Waals surface area contributed by atoms with Crippen molar-refractivity contribution in [2.45, 2.75) is 0 Å². The Morgan fingerprint density at radius 3 is 2.18 bits per heavy atom. The third kappa shape index (κ3) is 12.6. The Morgan fingerprint density at radius 1 is 1.45 bits per heavy atom. The van der Waals surface area contributed by atoms with Crippen molar-refractivity contribution >= 4 is 5.91 Å². The lowest BCUT2D eigenvalue weighted by Gasteiger charge is -2.21. The molecule has 0 aliphatic rings. The van der Waals surface area contributed by atoms with Crippen LogP contribution < -0.4 is 18.1 Å². The van der Waals surface area contributed by atoms with Gasteiger partial charge in [-0.2, -0.15) is 0 Å². The first-order valence-corrected chi connectivity index (χ1v) is 3.18. The minimum Gasteiger partial charge on any atom is -1.00 e. The number of quaternary nitrogens is 1. The molecule has 2 N–H and O–H groups in total. The smallest absolute Gasteiger partial charge is 0.241 e. The first-order chi connectivity index (χ1) is 4.42. The van der Waals surface area contributed by atoms with Crippen molar-refractivity contribution in [2.75, 3.05) is 27.7 Å². The average molecular weight is 179 g/mol. The molecule has 0 spiro atoms. The minimum atomic E-state index is -0.381. The number of hydrogen-bond acceptors (Lipinski definition) is 1. The number of nitrogens with two attached hydrogens (primary N) is 1. The molecule has 0 atom stereocenters. The van der Waals surface area contributed by atoms with Crippen LogP contribution in [0.3, 0.4) is 0 Å². The van der Waals surface area contributed by atoms with E-state index in [-0.39, 0.29) is 18.3 Å². The fourth-order valence-corrected chi connectivity index (χ4v) is 0.485. The summed E-state index contributed by atoms with van der Waals surface area (Å²) in [5, 5.41) is 0. The van der Waals surface area contributed by atoms with Gasteiger partial charge >= 0.3 is 0 Å². The Bertz CT molecular complexity index is 149. The van der Waals surface area contributed by atoms with Crippen LogP contribution in [0.25, 0.3) is 0 Å². The number of carbonyl (C=O) groups excluding carboxylic acids is 1. The van der Waals surface area contributed by atoms with Gasteiger partial charge in [-0.05, 0) is 6.08 Å². The molecule has 0 radical (unpaired) electrons. The topological polar surface area (TPSA) is 43.1 Å². The molecule has 0 aromatic rings. The average Bonchev–Trinajstić information content (AvgIpc) is 1.59. The molecule has 3 nitrogen and oxygen atoms in total. The summed E-state index contributed by atoms with van der Waals surface area (Å²) in [4.78, 5) is 10.2. The molecule has 0 rings (SSSR count). The molecule has 0 saturated heterocycles. The Kier molecular flexibility index (Phi) is 6.13. The highest BCUT2D eigenvalue weighted by Gasteiger charge is 2.01. The maximum atomic E-state index is 10.2. The highest BCUT2D eigenvalue weighted by atomic mass is 35.5. The van der Waals surface area contributed by atoms with Gasteiger partial charge in [-0.15, -0.1) is 0 Å². The standard InChI is InChI=1S/C7H14N2O.ClH/c1-9(2,3)6-4-5-7(8)10;/h4-5H,6H2,1-3H3,(H-,8,10);1H/b5-4+;. The van der Waals surface area contributed by atoms with Crippen molar-refractivity contribution in [3.05, 3.63) is 12.2 Å². The van der Waals surface area contributed by atoms with Crippen LogP contribution in [0.4, 0.5) is 0 Å². The highest BCUT2D eigenvalue weighted by Crippen LogP contribution is 1.88. The largest absolute Gasteiger partial charge is 1.00 e. The summed E-state index contributed by atoms with van der Waals surface area (Å²) in [5.41, 5.74) is 4.89. The molecule has 66 valence electrons. The first-order valence-electron chi connectivity index (χ1n) is 3.18. The lowest BCUT2D eigenvalue weighted by Crippen LogP contribution is -3.00. The number of primary amides is 1. The van der Waals surface area contributed by atoms with E-state index in [1.165, 1.54) is 6.08 Å². The van der Waals surface area contributed by atoms with E-state index in [2.05, 4.69) is 0 Å². The molecule has 11 heavy (non-hydrogen) atoms. The van der Waals surface area contributed by atoms with E-state index in [9.17, 15) is 4.79 Å². The predicted molar refractivity (Wildman–Crippen MR) is 41.2 cm³/mol. The Morgan fingerprint density at radius 2 is 1.91 bits per heavy atom. The lowest BCUT2D eigenvalue weighted by molar-refractivity contribution is -0.864. The summed E-state index contributed by atoms with van der Waals surface area (Å²) in [6, 6.07) is 0. The molecule has 4 heteroatoms. The Hall–Kier alpha value is -0.540. The highest BCUT2D eigenvalue weighted by molar-refractivity contribution is 5.85. The van der Waals surface area contributed by atoms with Crippen LogP contribution in [0.5, 0.6) is 0 Å². The van der Waals surface area contributed by atoms with Crippen LogP contribution in [0.1, 0.15) is 0 Å². The summed E-state index contributed by atoms with van der Waals surface area (Å²) in [7, 11) is 6.14. The van der Waals surface area contributed by atoms with E-state index < -0.39 is 0 Å². The number of nitrogens with zero attached hydrogens (tertiary/aromatic N) is 1. The number of likely N-dealkylation sites (N-methyl/N-ethyl adjacent to an activating group) is 1. The second-order valence-corrected chi connectivity index (χ2v) is 3.28. The van der Waals surface area contributed by atoms with Crippen molar-refractivity contribution < 1.29 is 21.7 Å². The van der Waals surface area contributed by atoms with Crippen LogP contribution >= 0.6 is 0 Å². The molecule has 0 aliphatic heterocycles. The SMILES string of the molecule is C[N+](C)(C)C/C=C/C(N)=O.[Cl-]. The van der Waals surface area contributed by atoms with Gasteiger partial charge in [0.1, 0.15) is 0 Å². The fourth-order valence-electron chi connectivity index (χ4n) is 0.485. The summed E-state index contributed by atoms with van der Waals surface area (Å²) in [6.07, 6.45) is 3.17. The van der Waals surface area contributed by atoms with Crippen molar-refractivity contribution in [2.24, 2.45) is 5.73 Å². The Balaban J connectivity index is 0. The maximum absolute atomic E-state index is 10.2. The molecular formula is C7H15ClN2O. The van der Waals surface area contributed by atoms with Crippen LogP contribution in [0, 0.1) is 0 Å². The quantitative estimate of drug-likeness (QED) is 0.358. The van der Waals surface area contributed by atoms with E-state index >= 15 is 0 Å². The first kappa shape index (κ1) is 13.1.